The van der Waals surface area contributed by atoms with Gasteiger partial charge in [0.15, 0.2) is 47.7 Å². The first-order valence-electron chi connectivity index (χ1n) is 43.1. The number of fused-ring (bicyclic) bond motifs is 6. The SMILES string of the molecule is COc1cc2c(cc1OCCCCCOc1cc3c(cc1OC)C(=O)N1CC4(CC4)C[C@H]1[C@H](OC)N3C(=O)OCc1ccc(O[C@@H]3O[C@H](C(=O)O)[C@@H](O)[C@H](O)[C@H]3O)c(NC(=O)CCOCCOCCOCCOCCNC(=O)OCC3[C@H]4CCC#CCC[C@@H]34)c1)N(C(=O)OCc1ccc(O[C@@H]3O[C@H](C(=O)O)[C@@H](O)[C@H](O)[C@H]3O)cc1)[C@@H](OC)[C@@H]1Cc3ccccc3CN1C2=O. The Labute approximate surface area is 742 Å². The zero-order valence-corrected chi connectivity index (χ0v) is 71.8. The Morgan fingerprint density at radius 1 is 0.527 bits per heavy atom. The van der Waals surface area contributed by atoms with Crippen LogP contribution >= 0.6 is 0 Å². The maximum Gasteiger partial charge on any atom is 0.416 e. The van der Waals surface area contributed by atoms with E-state index >= 15 is 4.79 Å². The van der Waals surface area contributed by atoms with Crippen molar-refractivity contribution in [2.75, 3.05) is 129 Å². The molecule has 2 saturated carbocycles. The number of carbonyl (C=O) groups is 8. The van der Waals surface area contributed by atoms with Crippen LogP contribution in [0.4, 0.5) is 31.4 Å². The number of aliphatic carboxylic acids is 2. The van der Waals surface area contributed by atoms with Gasteiger partial charge in [-0.3, -0.25) is 14.4 Å². The average molecular weight is 1800 g/mol. The molecule has 0 bridgehead atoms. The number of benzene rings is 5. The van der Waals surface area contributed by atoms with Crippen molar-refractivity contribution in [2.24, 2.45) is 23.2 Å². The van der Waals surface area contributed by atoms with Crippen molar-refractivity contribution in [1.29, 1.82) is 0 Å². The Hall–Kier alpha value is -10.9. The molecule has 39 heteroatoms. The van der Waals surface area contributed by atoms with Crippen LogP contribution in [0.1, 0.15) is 114 Å². The van der Waals surface area contributed by atoms with Gasteiger partial charge in [-0.1, -0.05) is 42.5 Å². The van der Waals surface area contributed by atoms with Crippen molar-refractivity contribution >= 4 is 65.0 Å². The number of carboxylic acid groups (broad SMARTS) is 2. The highest BCUT2D eigenvalue weighted by molar-refractivity contribution is 6.07. The number of anilines is 3. The highest BCUT2D eigenvalue weighted by Gasteiger charge is 2.59. The van der Waals surface area contributed by atoms with Gasteiger partial charge in [-0.25, -0.2) is 33.8 Å². The summed E-state index contributed by atoms with van der Waals surface area (Å²) in [6.07, 6.45) is -16.0. The second-order valence-electron chi connectivity index (χ2n) is 33.0. The van der Waals surface area contributed by atoms with E-state index in [1.807, 2.05) is 24.3 Å². The van der Waals surface area contributed by atoms with E-state index in [4.69, 9.17) is 80.5 Å². The van der Waals surface area contributed by atoms with E-state index in [-0.39, 0.29) is 159 Å². The molecule has 14 rings (SSSR count). The maximum atomic E-state index is 15.1. The number of unbranched alkanes of at least 4 members (excludes halogenated alkanes) is 2. The van der Waals surface area contributed by atoms with Gasteiger partial charge in [0.2, 0.25) is 18.5 Å². The molecular formula is C90H110N6O33. The van der Waals surface area contributed by atoms with Crippen LogP contribution in [-0.2, 0) is 92.7 Å². The number of ether oxygens (including phenoxy) is 17. The zero-order valence-electron chi connectivity index (χ0n) is 71.8. The Balaban J connectivity index is 0.594. The Morgan fingerprint density at radius 3 is 1.60 bits per heavy atom. The van der Waals surface area contributed by atoms with Gasteiger partial charge in [-0.05, 0) is 140 Å². The lowest BCUT2D eigenvalue weighted by atomic mass is 9.92. The topological polar surface area (TPSA) is 492 Å². The lowest BCUT2D eigenvalue weighted by molar-refractivity contribution is -0.271. The molecule has 5 aromatic carbocycles. The summed E-state index contributed by atoms with van der Waals surface area (Å²) in [6, 6.07) is 22.5. The van der Waals surface area contributed by atoms with Gasteiger partial charge in [-0.15, -0.1) is 11.8 Å². The van der Waals surface area contributed by atoms with Crippen molar-refractivity contribution in [1.82, 2.24) is 15.1 Å². The maximum absolute atomic E-state index is 15.1. The number of aliphatic hydroxyl groups excluding tert-OH is 6. The summed E-state index contributed by atoms with van der Waals surface area (Å²) in [6.45, 7) is 2.27. The van der Waals surface area contributed by atoms with Crippen LogP contribution < -0.4 is 48.9 Å². The normalized spacial score (nSPS) is 26.2. The minimum atomic E-state index is -2.04. The van der Waals surface area contributed by atoms with Gasteiger partial charge in [0.05, 0.1) is 134 Å². The molecular weight excluding hydrogens is 1690 g/mol. The summed E-state index contributed by atoms with van der Waals surface area (Å²) in [5.74, 6) is 3.90. The molecule has 3 aliphatic carbocycles. The number of carboxylic acids is 2. The zero-order chi connectivity index (χ0) is 91.2. The molecule has 6 aliphatic heterocycles. The number of hydrogen-bond donors (Lipinski definition) is 10. The fourth-order valence-electron chi connectivity index (χ4n) is 17.5. The number of methoxy groups -OCH3 is 4. The highest BCUT2D eigenvalue weighted by Crippen LogP contribution is 2.58. The van der Waals surface area contributed by atoms with E-state index in [2.05, 4.69) is 22.5 Å². The summed E-state index contributed by atoms with van der Waals surface area (Å²) < 4.78 is 99.3. The lowest BCUT2D eigenvalue weighted by Crippen LogP contribution is -2.61. The van der Waals surface area contributed by atoms with Crippen LogP contribution in [0.25, 0.3) is 0 Å². The molecule has 6 heterocycles. The van der Waals surface area contributed by atoms with Crippen molar-refractivity contribution in [3.8, 4) is 46.3 Å². The Kier molecular flexibility index (Phi) is 31.5. The smallest absolute Gasteiger partial charge is 0.416 e. The number of rotatable bonds is 40. The Morgan fingerprint density at radius 2 is 1.05 bits per heavy atom. The molecule has 0 aromatic heterocycles. The molecule has 698 valence electrons. The fourth-order valence-corrected chi connectivity index (χ4v) is 17.5. The molecule has 5 fully saturated rings. The summed E-state index contributed by atoms with van der Waals surface area (Å²) in [4.78, 5) is 116. The third kappa shape index (κ3) is 22.2. The van der Waals surface area contributed by atoms with Crippen molar-refractivity contribution in [3.63, 3.8) is 0 Å². The fraction of sp³-hybridized carbons (Fsp3) is 0.556. The average Bonchev–Trinajstić information content (AvgIpc) is 1.55. The van der Waals surface area contributed by atoms with Crippen molar-refractivity contribution in [3.05, 3.63) is 124 Å². The lowest BCUT2D eigenvalue weighted by Gasteiger charge is -2.41. The van der Waals surface area contributed by atoms with Crippen LogP contribution in [0.3, 0.4) is 0 Å². The largest absolute Gasteiger partial charge is 0.493 e. The number of hydrogen-bond acceptors (Lipinski definition) is 31. The first-order chi connectivity index (χ1) is 62.4. The minimum absolute atomic E-state index is 0.0767. The molecule has 6 amide bonds. The molecule has 1 unspecified atom stereocenters. The number of amides is 6. The number of nitrogens with one attached hydrogen (secondary N) is 2. The number of alkyl carbamates (subject to hydrolysis) is 1. The second-order valence-corrected chi connectivity index (χ2v) is 33.0. The van der Waals surface area contributed by atoms with Crippen LogP contribution in [0.5, 0.6) is 34.5 Å². The minimum Gasteiger partial charge on any atom is -0.493 e. The summed E-state index contributed by atoms with van der Waals surface area (Å²) >= 11 is 0. The predicted molar refractivity (Wildman–Crippen MR) is 448 cm³/mol. The van der Waals surface area contributed by atoms with Gasteiger partial charge in [-0.2, -0.15) is 0 Å². The highest BCUT2D eigenvalue weighted by atomic mass is 16.7. The summed E-state index contributed by atoms with van der Waals surface area (Å²) in [7, 11) is 5.68. The first kappa shape index (κ1) is 94.2. The van der Waals surface area contributed by atoms with Crippen molar-refractivity contribution in [2.45, 2.75) is 183 Å². The van der Waals surface area contributed by atoms with E-state index in [0.717, 1.165) is 49.7 Å². The molecule has 1 spiro atoms. The van der Waals surface area contributed by atoms with Gasteiger partial charge in [0.25, 0.3) is 11.8 Å². The van der Waals surface area contributed by atoms with Crippen LogP contribution in [-0.4, -0.2) is 299 Å². The van der Waals surface area contributed by atoms with E-state index in [9.17, 15) is 74.4 Å². The van der Waals surface area contributed by atoms with Gasteiger partial charge >= 0.3 is 30.2 Å². The standard InChI is InChI=1S/C90H110N6O33/c1-113-66-40-57-61(95(81(115-3)63-39-52-14-10-11-15-53(52)45-93(63)79(57)104)88(111)124-46-50-18-21-54(22-19-50)126-85-75(102)71(98)73(100)77(128-85)83(106)107)42-68(66)121-28-12-7-13-29-122-69-43-62-58(41-67(69)114-2)80(105)94-49-90(25-26-90)44-64(94)82(116-4)96(62)89(112)125-47-51-20-23-65(127-86-76(103)72(99)74(101)78(129-86)84(108)109)60(38-51)92-70(97)24-30-117-32-34-119-36-37-120-35-33-118-31-27-91-87(110)123-48-59-55-16-8-5-6-9-17-56(55)59/h10-11,14-15,18-23,38,40-43,55-56,59,63-64,71-78,81-82,85-86,98-103H,7-9,12-13,16-17,24-37,39,44-49H2,1-4H3,(H,91,110)(H,92,97)(H,106,107)(H,108,109)/t55-,56+,59?,63-,64-,71-,72-,73-,74-,75+,76+,77-,78-,81-,82-,85+,86+/m0/s1. The van der Waals surface area contributed by atoms with E-state index in [1.165, 1.54) is 105 Å². The van der Waals surface area contributed by atoms with E-state index in [1.54, 1.807) is 9.80 Å². The van der Waals surface area contributed by atoms with Crippen LogP contribution in [0, 0.1) is 35.0 Å². The number of aliphatic hydroxyl groups is 6. The molecule has 5 aromatic rings. The summed E-state index contributed by atoms with van der Waals surface area (Å²) in [5.41, 5.74) is 2.68. The van der Waals surface area contributed by atoms with Gasteiger partial charge < -0.3 is 142 Å². The van der Waals surface area contributed by atoms with E-state index in [0.29, 0.717) is 81.8 Å². The molecule has 9 aliphatic rings. The van der Waals surface area contributed by atoms with Crippen LogP contribution in [0.15, 0.2) is 91.0 Å². The molecule has 17 atom stereocenters. The van der Waals surface area contributed by atoms with Crippen molar-refractivity contribution < 1.29 is 160 Å². The predicted octanol–water partition coefficient (Wildman–Crippen LogP) is 5.26. The quantitative estimate of drug-likeness (QED) is 0.0136. The van der Waals surface area contributed by atoms with Gasteiger partial charge in [0.1, 0.15) is 61.3 Å². The van der Waals surface area contributed by atoms with Crippen LogP contribution in [0.2, 0.25) is 0 Å². The van der Waals surface area contributed by atoms with E-state index < -0.39 is 135 Å². The third-order valence-electron chi connectivity index (χ3n) is 24.6. The third-order valence-corrected chi connectivity index (χ3v) is 24.6. The first-order valence-corrected chi connectivity index (χ1v) is 43.1. The number of carbonyl (C=O) groups excluding carboxylic acids is 6. The molecule has 0 radical (unpaired) electrons. The van der Waals surface area contributed by atoms with Gasteiger partial charge in [0, 0.05) is 58.8 Å². The Bertz CT molecular complexity index is 4840. The summed E-state index contributed by atoms with van der Waals surface area (Å²) in [5, 5.41) is 87.9. The molecule has 129 heavy (non-hydrogen) atoms. The molecule has 39 nitrogen and oxygen atoms in total. The second kappa shape index (κ2) is 43.2. The molecule has 10 N–H and O–H groups in total. The molecule has 3 saturated heterocycles. The number of nitrogens with zero attached hydrogens (tertiary/aromatic N) is 4. The monoisotopic (exact) mass is 1800 g/mol.